The molecule has 5 nitrogen and oxygen atoms in total. The highest BCUT2D eigenvalue weighted by molar-refractivity contribution is 7.40. The Labute approximate surface area is 67.9 Å². The Kier molecular flexibility index (Phi) is 19.6. The van der Waals surface area contributed by atoms with Crippen LogP contribution in [0.1, 0.15) is 6.92 Å². The molecule has 0 amide bonds. The van der Waals surface area contributed by atoms with E-state index in [-0.39, 0.29) is 0 Å². The molecule has 0 radical (unpaired) electrons. The molecular weight excluding hydrogens is 223 g/mol. The third kappa shape index (κ3) is 8760. The summed E-state index contributed by atoms with van der Waals surface area (Å²) in [7, 11) is -6.99. The van der Waals surface area contributed by atoms with E-state index in [0.717, 1.165) is 6.92 Å². The van der Waals surface area contributed by atoms with Gasteiger partial charge < -0.3 is 5.11 Å². The summed E-state index contributed by atoms with van der Waals surface area (Å²) < 4.78 is 37.9. The van der Waals surface area contributed by atoms with Crippen LogP contribution in [0.4, 0.5) is 12.6 Å². The number of hydrogen-bond acceptors (Lipinski definition) is 2. The van der Waals surface area contributed by atoms with E-state index in [1.807, 2.05) is 0 Å². The van der Waals surface area contributed by atoms with Gasteiger partial charge in [-0.3, -0.25) is 4.79 Å². The highest BCUT2D eigenvalue weighted by Gasteiger charge is 1.93. The first-order valence-electron chi connectivity index (χ1n) is 2.02. The summed E-state index contributed by atoms with van der Waals surface area (Å²) in [6.45, 7) is 1.08. The molecule has 74 valence electrons. The fraction of sp³-hybridized carbons (Fsp3) is 0.500. The molecule has 0 heterocycles. The zero-order valence-electron chi connectivity index (χ0n) is 5.69. The van der Waals surface area contributed by atoms with Crippen molar-refractivity contribution in [3.05, 3.63) is 0 Å². The second-order valence-corrected chi connectivity index (χ2v) is 1.85. The van der Waals surface area contributed by atoms with Crippen LogP contribution in [-0.4, -0.2) is 20.9 Å². The standard InChI is InChI=1S/C2H4O2.F3P.HO3P/c1-2(3)4;2*1-4(2)3/h1H3,(H,3,4);;(H-,1,2,3)/p+1. The van der Waals surface area contributed by atoms with Crippen molar-refractivity contribution in [1.29, 1.82) is 0 Å². The molecule has 0 unspecified atom stereocenters. The minimum absolute atomic E-state index is 0.833. The second kappa shape index (κ2) is 13.3. The number of hydrogen-bond donors (Lipinski definition) is 3. The van der Waals surface area contributed by atoms with Gasteiger partial charge in [0.15, 0.2) is 0 Å². The minimum atomic E-state index is -4.12. The Bertz CT molecular complexity index is 107. The van der Waals surface area contributed by atoms with Gasteiger partial charge in [0, 0.05) is 11.5 Å². The van der Waals surface area contributed by atoms with Gasteiger partial charge in [-0.15, -0.1) is 9.79 Å². The number of carbonyl (C=O) groups is 1. The van der Waals surface area contributed by atoms with Crippen molar-refractivity contribution in [3.8, 4) is 0 Å². The lowest BCUT2D eigenvalue weighted by atomic mass is 10.9. The lowest BCUT2D eigenvalue weighted by molar-refractivity contribution is -0.134. The van der Waals surface area contributed by atoms with Gasteiger partial charge in [0.25, 0.3) is 5.97 Å². The monoisotopic (exact) mass is 229 g/mol. The maximum absolute atomic E-state index is 9.73. The predicted molar refractivity (Wildman–Crippen MR) is 35.6 cm³/mol. The molecule has 0 aromatic carbocycles. The summed E-state index contributed by atoms with van der Waals surface area (Å²) in [5, 5.41) is 7.42. The van der Waals surface area contributed by atoms with Gasteiger partial charge in [-0.1, -0.05) is 0 Å². The van der Waals surface area contributed by atoms with Gasteiger partial charge in [0.1, 0.15) is 0 Å². The first-order chi connectivity index (χ1) is 5.20. The summed E-state index contributed by atoms with van der Waals surface area (Å²) in [5.41, 5.74) is 0. The minimum Gasteiger partial charge on any atom is -0.481 e. The van der Waals surface area contributed by atoms with Crippen LogP contribution >= 0.6 is 17.1 Å². The van der Waals surface area contributed by atoms with Crippen LogP contribution in [0.2, 0.25) is 0 Å². The van der Waals surface area contributed by atoms with Crippen LogP contribution in [0, 0.1) is 0 Å². The normalized spacial score (nSPS) is 7.25. The van der Waals surface area contributed by atoms with Crippen molar-refractivity contribution in [1.82, 2.24) is 0 Å². The molecule has 0 atom stereocenters. The van der Waals surface area contributed by atoms with Gasteiger partial charge in [0.2, 0.25) is 0 Å². The fourth-order valence-corrected chi connectivity index (χ4v) is 0. The van der Waals surface area contributed by atoms with Crippen molar-refractivity contribution in [3.63, 3.8) is 0 Å². The molecule has 10 heteroatoms. The largest absolute Gasteiger partial charge is 0.692 e. The van der Waals surface area contributed by atoms with Crippen molar-refractivity contribution < 1.29 is 36.8 Å². The van der Waals surface area contributed by atoms with Crippen molar-refractivity contribution in [2.45, 2.75) is 6.92 Å². The van der Waals surface area contributed by atoms with E-state index in [0.29, 0.717) is 0 Å². The van der Waals surface area contributed by atoms with E-state index in [4.69, 9.17) is 24.3 Å². The molecule has 0 aliphatic carbocycles. The Morgan fingerprint density at radius 2 is 1.33 bits per heavy atom. The van der Waals surface area contributed by atoms with E-state index in [1.165, 1.54) is 0 Å². The Morgan fingerprint density at radius 1 is 1.33 bits per heavy atom. The summed E-state index contributed by atoms with van der Waals surface area (Å²) >= 11 is 0. The molecule has 0 aromatic rings. The van der Waals surface area contributed by atoms with E-state index in [9.17, 15) is 12.6 Å². The van der Waals surface area contributed by atoms with Crippen molar-refractivity contribution in [2.75, 3.05) is 0 Å². The van der Waals surface area contributed by atoms with Gasteiger partial charge in [-0.25, -0.2) is 0 Å². The van der Waals surface area contributed by atoms with Gasteiger partial charge in [0.05, 0.1) is 0 Å². The quantitative estimate of drug-likeness (QED) is 0.551. The van der Waals surface area contributed by atoms with Crippen LogP contribution in [0.25, 0.3) is 0 Å². The molecule has 0 aromatic heterocycles. The van der Waals surface area contributed by atoms with Crippen molar-refractivity contribution >= 4 is 23.1 Å². The second-order valence-electron chi connectivity index (χ2n) is 0.963. The fourth-order valence-electron chi connectivity index (χ4n) is 0. The molecule has 0 bridgehead atoms. The lowest BCUT2D eigenvalue weighted by Crippen LogP contribution is -1.78. The van der Waals surface area contributed by atoms with Gasteiger partial charge >= 0.3 is 17.1 Å². The van der Waals surface area contributed by atoms with Gasteiger partial charge in [-0.2, -0.15) is 12.6 Å². The Morgan fingerprint density at radius 3 is 1.33 bits per heavy atom. The summed E-state index contributed by atoms with van der Waals surface area (Å²) in [6, 6.07) is 0. The molecule has 0 fully saturated rings. The maximum Gasteiger partial charge on any atom is 0.692 e. The third-order valence-electron chi connectivity index (χ3n) is 0. The number of halogens is 3. The third-order valence-corrected chi connectivity index (χ3v) is 0. The lowest BCUT2D eigenvalue weighted by Gasteiger charge is -1.61. The first kappa shape index (κ1) is 17.7. The Hall–Kier alpha value is -0.290. The number of rotatable bonds is 0. The predicted octanol–water partition coefficient (Wildman–Crippen LogP) is 1.84. The highest BCUT2D eigenvalue weighted by Crippen LogP contribution is 2.39. The van der Waals surface area contributed by atoms with Crippen LogP contribution in [-0.2, 0) is 9.36 Å². The molecular formula is C2H6F3O5P2+. The van der Waals surface area contributed by atoms with E-state index >= 15 is 0 Å². The SMILES string of the molecule is CC(=O)O.FP(F)F.O=[P+](O)O. The summed E-state index contributed by atoms with van der Waals surface area (Å²) in [5.74, 6) is -0.833. The molecule has 12 heavy (non-hydrogen) atoms. The van der Waals surface area contributed by atoms with Crippen molar-refractivity contribution in [2.24, 2.45) is 0 Å². The molecule has 0 saturated heterocycles. The number of aliphatic carboxylic acids is 1. The zero-order chi connectivity index (χ0) is 10.7. The average molecular weight is 229 g/mol. The summed E-state index contributed by atoms with van der Waals surface area (Å²) in [6.07, 6.45) is 0. The first-order valence-corrected chi connectivity index (χ1v) is 4.20. The smallest absolute Gasteiger partial charge is 0.481 e. The van der Waals surface area contributed by atoms with Crippen LogP contribution in [0.15, 0.2) is 0 Å². The van der Waals surface area contributed by atoms with Gasteiger partial charge in [-0.05, 0) is 0 Å². The molecule has 0 aliphatic rings. The van der Waals surface area contributed by atoms with Crippen LogP contribution in [0.5, 0.6) is 0 Å². The highest BCUT2D eigenvalue weighted by atomic mass is 31.2. The van der Waals surface area contributed by atoms with Crippen LogP contribution in [0.3, 0.4) is 0 Å². The van der Waals surface area contributed by atoms with E-state index < -0.39 is 23.1 Å². The molecule has 3 N–H and O–H groups in total. The zero-order valence-corrected chi connectivity index (χ0v) is 7.48. The molecule has 0 rings (SSSR count). The topological polar surface area (TPSA) is 94.8 Å². The Balaban J connectivity index is -0.000000101. The van der Waals surface area contributed by atoms with E-state index in [1.54, 1.807) is 0 Å². The maximum atomic E-state index is 9.73. The molecule has 0 aliphatic heterocycles. The molecule has 0 saturated carbocycles. The number of carboxylic acids is 1. The van der Waals surface area contributed by atoms with Crippen LogP contribution < -0.4 is 0 Å². The average Bonchev–Trinajstić information content (AvgIpc) is 1.54. The summed E-state index contributed by atoms with van der Waals surface area (Å²) in [4.78, 5) is 23.2. The van der Waals surface area contributed by atoms with E-state index in [2.05, 4.69) is 0 Å². The number of carboxylic acid groups (broad SMARTS) is 1. The molecule has 0 spiro atoms.